The van der Waals surface area contributed by atoms with E-state index in [1.54, 1.807) is 12.1 Å². The van der Waals surface area contributed by atoms with Gasteiger partial charge in [0.25, 0.3) is 0 Å². The molecule has 96 valence electrons. The molecule has 3 rings (SSSR count). The van der Waals surface area contributed by atoms with E-state index in [1.165, 1.54) is 11.3 Å². The normalized spacial score (nSPS) is 10.8. The number of halogens is 2. The lowest BCUT2D eigenvalue weighted by Crippen LogP contribution is -1.89. The maximum Gasteiger partial charge on any atom is 0.188 e. The van der Waals surface area contributed by atoms with Gasteiger partial charge in [0, 0.05) is 10.6 Å². The molecule has 0 unspecified atom stereocenters. The fourth-order valence-corrected chi connectivity index (χ4v) is 3.19. The molecule has 0 fully saturated rings. The smallest absolute Gasteiger partial charge is 0.188 e. The van der Waals surface area contributed by atoms with Gasteiger partial charge in [0.2, 0.25) is 0 Å². The van der Waals surface area contributed by atoms with Crippen LogP contribution in [0.2, 0.25) is 10.0 Å². The second-order valence-electron chi connectivity index (χ2n) is 3.85. The summed E-state index contributed by atoms with van der Waals surface area (Å²) in [6.07, 6.45) is 0. The van der Waals surface area contributed by atoms with Crippen LogP contribution in [0.15, 0.2) is 40.2 Å². The standard InChI is InChI=1S/C13H8Cl2N2OS/c14-8-4-2-1-3-7(8)10-11(18-17-13(10)16)12-9(15)5-6-19-12/h1-6H,(H2,16,17). The highest BCUT2D eigenvalue weighted by Crippen LogP contribution is 2.43. The zero-order valence-electron chi connectivity index (χ0n) is 9.56. The molecule has 3 nitrogen and oxygen atoms in total. The van der Waals surface area contributed by atoms with Crippen LogP contribution in [0.3, 0.4) is 0 Å². The van der Waals surface area contributed by atoms with Gasteiger partial charge in [0.1, 0.15) is 0 Å². The van der Waals surface area contributed by atoms with E-state index in [0.717, 1.165) is 10.4 Å². The number of nitrogen functional groups attached to an aromatic ring is 1. The molecule has 0 spiro atoms. The predicted molar refractivity (Wildman–Crippen MR) is 79.7 cm³/mol. The van der Waals surface area contributed by atoms with Crippen LogP contribution in [0.25, 0.3) is 21.8 Å². The van der Waals surface area contributed by atoms with Gasteiger partial charge >= 0.3 is 0 Å². The first-order chi connectivity index (χ1) is 9.18. The van der Waals surface area contributed by atoms with E-state index in [-0.39, 0.29) is 0 Å². The zero-order chi connectivity index (χ0) is 13.4. The number of rotatable bonds is 2. The first-order valence-electron chi connectivity index (χ1n) is 5.42. The summed E-state index contributed by atoms with van der Waals surface area (Å²) < 4.78 is 5.32. The SMILES string of the molecule is Nc1noc(-c2sccc2Cl)c1-c1ccccc1Cl. The third kappa shape index (κ3) is 2.12. The van der Waals surface area contributed by atoms with Crippen molar-refractivity contribution in [1.82, 2.24) is 5.16 Å². The van der Waals surface area contributed by atoms with E-state index >= 15 is 0 Å². The predicted octanol–water partition coefficient (Wildman–Crippen LogP) is 4.96. The Morgan fingerprint density at radius 1 is 1.11 bits per heavy atom. The number of thiophene rings is 1. The van der Waals surface area contributed by atoms with E-state index in [0.29, 0.717) is 27.2 Å². The molecule has 0 aliphatic carbocycles. The minimum atomic E-state index is 0.299. The average Bonchev–Trinajstić information content (AvgIpc) is 2.96. The number of hydrogen-bond acceptors (Lipinski definition) is 4. The number of aromatic nitrogens is 1. The number of nitrogens with two attached hydrogens (primary N) is 1. The van der Waals surface area contributed by atoms with Gasteiger partial charge in [0.05, 0.1) is 15.5 Å². The number of hydrogen-bond donors (Lipinski definition) is 1. The number of nitrogens with zero attached hydrogens (tertiary/aromatic N) is 1. The third-order valence-electron chi connectivity index (χ3n) is 2.69. The molecule has 6 heteroatoms. The Hall–Kier alpha value is -1.49. The second kappa shape index (κ2) is 4.89. The van der Waals surface area contributed by atoms with Crippen molar-refractivity contribution in [3.05, 3.63) is 45.8 Å². The second-order valence-corrected chi connectivity index (χ2v) is 5.58. The molecule has 19 heavy (non-hydrogen) atoms. The van der Waals surface area contributed by atoms with Crippen molar-refractivity contribution in [2.24, 2.45) is 0 Å². The van der Waals surface area contributed by atoms with Gasteiger partial charge < -0.3 is 10.3 Å². The summed E-state index contributed by atoms with van der Waals surface area (Å²) in [6.45, 7) is 0. The fourth-order valence-electron chi connectivity index (χ4n) is 1.84. The van der Waals surface area contributed by atoms with Gasteiger partial charge in [-0.2, -0.15) is 0 Å². The first-order valence-corrected chi connectivity index (χ1v) is 7.05. The van der Waals surface area contributed by atoms with E-state index in [9.17, 15) is 0 Å². The summed E-state index contributed by atoms with van der Waals surface area (Å²) in [5.41, 5.74) is 7.35. The lowest BCUT2D eigenvalue weighted by atomic mass is 10.1. The van der Waals surface area contributed by atoms with E-state index in [1.807, 2.05) is 23.6 Å². The highest BCUT2D eigenvalue weighted by molar-refractivity contribution is 7.14. The number of anilines is 1. The van der Waals surface area contributed by atoms with Crippen molar-refractivity contribution < 1.29 is 4.52 Å². The maximum absolute atomic E-state index is 6.21. The molecule has 0 atom stereocenters. The van der Waals surface area contributed by atoms with Crippen molar-refractivity contribution in [2.75, 3.05) is 5.73 Å². The van der Waals surface area contributed by atoms with Crippen LogP contribution in [-0.2, 0) is 0 Å². The summed E-state index contributed by atoms with van der Waals surface area (Å²) in [7, 11) is 0. The summed E-state index contributed by atoms with van der Waals surface area (Å²) in [6, 6.07) is 9.21. The Labute approximate surface area is 123 Å². The summed E-state index contributed by atoms with van der Waals surface area (Å²) in [5.74, 6) is 0.846. The molecule has 2 N–H and O–H groups in total. The highest BCUT2D eigenvalue weighted by atomic mass is 35.5. The molecule has 0 aliphatic heterocycles. The molecule has 1 aromatic carbocycles. The van der Waals surface area contributed by atoms with Crippen molar-refractivity contribution in [3.63, 3.8) is 0 Å². The van der Waals surface area contributed by atoms with E-state index in [4.69, 9.17) is 33.5 Å². The number of benzene rings is 1. The van der Waals surface area contributed by atoms with Crippen molar-refractivity contribution in [1.29, 1.82) is 0 Å². The summed E-state index contributed by atoms with van der Waals surface area (Å²) in [5, 5.41) is 6.90. The first kappa shape index (κ1) is 12.5. The van der Waals surface area contributed by atoms with Gasteiger partial charge in [-0.25, -0.2) is 0 Å². The molecule has 0 saturated carbocycles. The Morgan fingerprint density at radius 2 is 1.89 bits per heavy atom. The van der Waals surface area contributed by atoms with Crippen LogP contribution >= 0.6 is 34.5 Å². The lowest BCUT2D eigenvalue weighted by molar-refractivity contribution is 0.437. The van der Waals surface area contributed by atoms with Crippen LogP contribution in [0.4, 0.5) is 5.82 Å². The van der Waals surface area contributed by atoms with Crippen molar-refractivity contribution in [3.8, 4) is 21.8 Å². The average molecular weight is 311 g/mol. The molecule has 0 saturated heterocycles. The van der Waals surface area contributed by atoms with Crippen LogP contribution in [0, 0.1) is 0 Å². The molecule has 0 aliphatic rings. The van der Waals surface area contributed by atoms with Crippen LogP contribution in [-0.4, -0.2) is 5.16 Å². The molecule has 0 radical (unpaired) electrons. The van der Waals surface area contributed by atoms with Gasteiger partial charge in [0.15, 0.2) is 11.6 Å². The van der Waals surface area contributed by atoms with Gasteiger partial charge in [-0.3, -0.25) is 0 Å². The summed E-state index contributed by atoms with van der Waals surface area (Å²) in [4.78, 5) is 0.792. The monoisotopic (exact) mass is 310 g/mol. The van der Waals surface area contributed by atoms with Crippen LogP contribution in [0.1, 0.15) is 0 Å². The van der Waals surface area contributed by atoms with E-state index in [2.05, 4.69) is 5.16 Å². The Morgan fingerprint density at radius 3 is 2.58 bits per heavy atom. The summed E-state index contributed by atoms with van der Waals surface area (Å²) >= 11 is 13.8. The molecular formula is C13H8Cl2N2OS. The highest BCUT2D eigenvalue weighted by Gasteiger charge is 2.22. The lowest BCUT2D eigenvalue weighted by Gasteiger charge is -2.03. The Bertz CT molecular complexity index is 736. The minimum Gasteiger partial charge on any atom is -0.380 e. The van der Waals surface area contributed by atoms with Gasteiger partial charge in [-0.05, 0) is 17.5 Å². The molecule has 2 aromatic heterocycles. The van der Waals surface area contributed by atoms with E-state index < -0.39 is 0 Å². The molecule has 0 bridgehead atoms. The Kier molecular flexibility index (Phi) is 3.22. The Balaban J connectivity index is 2.26. The van der Waals surface area contributed by atoms with Gasteiger partial charge in [-0.15, -0.1) is 11.3 Å². The molecule has 3 aromatic rings. The maximum atomic E-state index is 6.21. The molecular weight excluding hydrogens is 303 g/mol. The van der Waals surface area contributed by atoms with Crippen LogP contribution < -0.4 is 5.73 Å². The quantitative estimate of drug-likeness (QED) is 0.728. The molecule has 0 amide bonds. The topological polar surface area (TPSA) is 52.0 Å². The largest absolute Gasteiger partial charge is 0.380 e. The van der Waals surface area contributed by atoms with Crippen LogP contribution in [0.5, 0.6) is 0 Å². The van der Waals surface area contributed by atoms with Crippen molar-refractivity contribution in [2.45, 2.75) is 0 Å². The fraction of sp³-hybridized carbons (Fsp3) is 0. The minimum absolute atomic E-state index is 0.299. The zero-order valence-corrected chi connectivity index (χ0v) is 11.9. The van der Waals surface area contributed by atoms with Crippen molar-refractivity contribution >= 4 is 40.4 Å². The third-order valence-corrected chi connectivity index (χ3v) is 4.35. The van der Waals surface area contributed by atoms with Gasteiger partial charge in [-0.1, -0.05) is 46.6 Å². The molecule has 2 heterocycles.